The van der Waals surface area contributed by atoms with E-state index in [-0.39, 0.29) is 11.0 Å². The molecule has 3 heteroatoms. The maximum absolute atomic E-state index is 13.7. The van der Waals surface area contributed by atoms with E-state index in [0.717, 1.165) is 5.56 Å². The summed E-state index contributed by atoms with van der Waals surface area (Å²) < 4.78 is 27.5. The minimum Gasteiger partial charge on any atom is -0.320 e. The van der Waals surface area contributed by atoms with E-state index in [2.05, 4.69) is 20.8 Å². The predicted molar refractivity (Wildman–Crippen MR) is 77.5 cm³/mol. The van der Waals surface area contributed by atoms with E-state index >= 15 is 0 Å². The zero-order chi connectivity index (χ0) is 14.9. The second kappa shape index (κ2) is 5.33. The lowest BCUT2D eigenvalue weighted by Gasteiger charge is -2.20. The molecule has 0 aliphatic carbocycles. The zero-order valence-electron chi connectivity index (χ0n) is 12.0. The van der Waals surface area contributed by atoms with Crippen molar-refractivity contribution in [1.82, 2.24) is 0 Å². The largest absolute Gasteiger partial charge is 0.320 e. The normalized spacial score (nSPS) is 13.3. The third kappa shape index (κ3) is 2.88. The van der Waals surface area contributed by atoms with Crippen LogP contribution in [0.4, 0.5) is 8.78 Å². The smallest absolute Gasteiger partial charge is 0.131 e. The van der Waals surface area contributed by atoms with Gasteiger partial charge in [-0.3, -0.25) is 0 Å². The van der Waals surface area contributed by atoms with Gasteiger partial charge in [0.05, 0.1) is 6.04 Å². The van der Waals surface area contributed by atoms with E-state index < -0.39 is 17.7 Å². The average molecular weight is 275 g/mol. The number of hydrogen-bond acceptors (Lipinski definition) is 1. The minimum absolute atomic E-state index is 0.0336. The van der Waals surface area contributed by atoms with Gasteiger partial charge in [-0.25, -0.2) is 8.78 Å². The lowest BCUT2D eigenvalue weighted by Crippen LogP contribution is -2.16. The summed E-state index contributed by atoms with van der Waals surface area (Å²) in [6.45, 7) is 6.33. The first-order valence-corrected chi connectivity index (χ1v) is 6.60. The van der Waals surface area contributed by atoms with Crippen LogP contribution >= 0.6 is 0 Å². The Morgan fingerprint density at radius 1 is 0.900 bits per heavy atom. The molecule has 1 atom stereocenters. The fourth-order valence-electron chi connectivity index (χ4n) is 2.16. The lowest BCUT2D eigenvalue weighted by atomic mass is 9.86. The molecule has 0 saturated heterocycles. The number of rotatable bonds is 2. The van der Waals surface area contributed by atoms with Crippen LogP contribution in [-0.2, 0) is 5.41 Å². The summed E-state index contributed by atoms with van der Waals surface area (Å²) in [5.41, 5.74) is 7.80. The van der Waals surface area contributed by atoms with E-state index in [1.807, 2.05) is 24.3 Å². The quantitative estimate of drug-likeness (QED) is 0.868. The Morgan fingerprint density at radius 2 is 1.40 bits per heavy atom. The van der Waals surface area contributed by atoms with Crippen molar-refractivity contribution in [3.8, 4) is 0 Å². The Hall–Kier alpha value is -1.74. The van der Waals surface area contributed by atoms with Crippen LogP contribution in [0.5, 0.6) is 0 Å². The van der Waals surface area contributed by atoms with Crippen LogP contribution in [-0.4, -0.2) is 0 Å². The molecule has 20 heavy (non-hydrogen) atoms. The number of hydrogen-bond donors (Lipinski definition) is 1. The highest BCUT2D eigenvalue weighted by Crippen LogP contribution is 2.27. The maximum Gasteiger partial charge on any atom is 0.131 e. The maximum atomic E-state index is 13.7. The van der Waals surface area contributed by atoms with E-state index in [1.54, 1.807) is 0 Å². The van der Waals surface area contributed by atoms with Crippen molar-refractivity contribution in [2.75, 3.05) is 0 Å². The zero-order valence-corrected chi connectivity index (χ0v) is 12.0. The Kier molecular flexibility index (Phi) is 3.91. The molecule has 1 nitrogen and oxygen atoms in total. The van der Waals surface area contributed by atoms with Gasteiger partial charge in [-0.15, -0.1) is 0 Å². The fourth-order valence-corrected chi connectivity index (χ4v) is 2.16. The van der Waals surface area contributed by atoms with Gasteiger partial charge in [0.2, 0.25) is 0 Å². The second-order valence-corrected chi connectivity index (χ2v) is 5.99. The van der Waals surface area contributed by atoms with Gasteiger partial charge in [-0.05, 0) is 28.7 Å². The van der Waals surface area contributed by atoms with Crippen molar-refractivity contribution in [3.05, 3.63) is 70.8 Å². The first-order valence-electron chi connectivity index (χ1n) is 6.60. The third-order valence-electron chi connectivity index (χ3n) is 3.45. The molecule has 0 aromatic heterocycles. The van der Waals surface area contributed by atoms with Crippen LogP contribution in [0.3, 0.4) is 0 Å². The van der Waals surface area contributed by atoms with Crippen molar-refractivity contribution in [1.29, 1.82) is 0 Å². The predicted octanol–water partition coefficient (Wildman–Crippen LogP) is 4.31. The average Bonchev–Trinajstić information content (AvgIpc) is 2.37. The van der Waals surface area contributed by atoms with Gasteiger partial charge in [0.15, 0.2) is 0 Å². The molecular weight excluding hydrogens is 256 g/mol. The summed E-state index contributed by atoms with van der Waals surface area (Å²) >= 11 is 0. The Morgan fingerprint density at radius 3 is 1.85 bits per heavy atom. The highest BCUT2D eigenvalue weighted by Gasteiger charge is 2.19. The lowest BCUT2D eigenvalue weighted by molar-refractivity contribution is 0.543. The fraction of sp³-hybridized carbons (Fsp3) is 0.294. The summed E-state index contributed by atoms with van der Waals surface area (Å²) in [5.74, 6) is -1.23. The topological polar surface area (TPSA) is 26.0 Å². The molecule has 0 radical (unpaired) electrons. The summed E-state index contributed by atoms with van der Waals surface area (Å²) in [4.78, 5) is 0. The summed E-state index contributed by atoms with van der Waals surface area (Å²) in [5, 5.41) is 0. The molecule has 0 aliphatic rings. The van der Waals surface area contributed by atoms with Gasteiger partial charge < -0.3 is 5.73 Å². The molecule has 2 aromatic rings. The van der Waals surface area contributed by atoms with Crippen molar-refractivity contribution in [2.24, 2.45) is 5.73 Å². The van der Waals surface area contributed by atoms with Crippen LogP contribution < -0.4 is 5.73 Å². The number of halogens is 2. The summed E-state index contributed by atoms with van der Waals surface area (Å²) in [6, 6.07) is 10.5. The van der Waals surface area contributed by atoms with Crippen LogP contribution in [0.1, 0.15) is 43.5 Å². The van der Waals surface area contributed by atoms with Crippen LogP contribution in [0.2, 0.25) is 0 Å². The summed E-state index contributed by atoms with van der Waals surface area (Å²) in [7, 11) is 0. The van der Waals surface area contributed by atoms with E-state index in [9.17, 15) is 8.78 Å². The molecule has 0 fully saturated rings. The molecule has 1 unspecified atom stereocenters. The Balaban J connectivity index is 2.37. The van der Waals surface area contributed by atoms with Gasteiger partial charge in [0.1, 0.15) is 11.6 Å². The van der Waals surface area contributed by atoms with E-state index in [0.29, 0.717) is 5.56 Å². The molecule has 0 spiro atoms. The Bertz CT molecular complexity index is 577. The molecule has 0 heterocycles. The highest BCUT2D eigenvalue weighted by atomic mass is 19.1. The molecule has 0 bridgehead atoms. The van der Waals surface area contributed by atoms with Gasteiger partial charge in [0.25, 0.3) is 0 Å². The standard InChI is InChI=1S/C17H19F2N/c1-17(2,3)12-9-7-11(8-10-12)16(20)15-13(18)5-4-6-14(15)19/h4-10,16H,20H2,1-3H3. The molecule has 2 N–H and O–H groups in total. The molecule has 106 valence electrons. The first kappa shape index (κ1) is 14.7. The molecular formula is C17H19F2N. The molecule has 2 aromatic carbocycles. The van der Waals surface area contributed by atoms with Gasteiger partial charge >= 0.3 is 0 Å². The monoisotopic (exact) mass is 275 g/mol. The molecule has 2 rings (SSSR count). The van der Waals surface area contributed by atoms with Crippen molar-refractivity contribution in [2.45, 2.75) is 32.2 Å². The van der Waals surface area contributed by atoms with Crippen LogP contribution in [0, 0.1) is 11.6 Å². The van der Waals surface area contributed by atoms with Crippen molar-refractivity contribution < 1.29 is 8.78 Å². The summed E-state index contributed by atoms with van der Waals surface area (Å²) in [6.07, 6.45) is 0. The molecule has 0 amide bonds. The van der Waals surface area contributed by atoms with E-state index in [1.165, 1.54) is 18.2 Å². The van der Waals surface area contributed by atoms with E-state index in [4.69, 9.17) is 5.73 Å². The van der Waals surface area contributed by atoms with Crippen molar-refractivity contribution >= 4 is 0 Å². The highest BCUT2D eigenvalue weighted by molar-refractivity contribution is 5.36. The van der Waals surface area contributed by atoms with Crippen LogP contribution in [0.15, 0.2) is 42.5 Å². The molecule has 0 aliphatic heterocycles. The number of benzene rings is 2. The third-order valence-corrected chi connectivity index (χ3v) is 3.45. The van der Waals surface area contributed by atoms with Crippen LogP contribution in [0.25, 0.3) is 0 Å². The second-order valence-electron chi connectivity index (χ2n) is 5.99. The SMILES string of the molecule is CC(C)(C)c1ccc(C(N)c2c(F)cccc2F)cc1. The number of nitrogens with two attached hydrogens (primary N) is 1. The van der Waals surface area contributed by atoms with Gasteiger partial charge in [-0.2, -0.15) is 0 Å². The van der Waals surface area contributed by atoms with Crippen molar-refractivity contribution in [3.63, 3.8) is 0 Å². The van der Waals surface area contributed by atoms with Gasteiger partial charge in [0, 0.05) is 5.56 Å². The molecule has 0 saturated carbocycles. The minimum atomic E-state index is -0.801. The Labute approximate surface area is 118 Å². The van der Waals surface area contributed by atoms with Gasteiger partial charge in [-0.1, -0.05) is 51.1 Å². The first-order chi connectivity index (χ1) is 9.30.